The summed E-state index contributed by atoms with van der Waals surface area (Å²) >= 11 is 0. The normalized spacial score (nSPS) is 11.0. The van der Waals surface area contributed by atoms with E-state index in [4.69, 9.17) is 0 Å². The standard InChI is InChI=1S/C11H23N3O2/c1-5-6-12-7-9(15)13-8-10(16)14-11(2,3)4/h12H,5-8H2,1-4H3,(H,13,15)(H,14,16). The van der Waals surface area contributed by atoms with Gasteiger partial charge in [-0.1, -0.05) is 6.92 Å². The van der Waals surface area contributed by atoms with Crippen molar-refractivity contribution >= 4 is 11.8 Å². The lowest BCUT2D eigenvalue weighted by molar-refractivity contribution is -0.126. The molecule has 0 aliphatic heterocycles. The Bertz CT molecular complexity index is 234. The van der Waals surface area contributed by atoms with E-state index in [2.05, 4.69) is 16.0 Å². The summed E-state index contributed by atoms with van der Waals surface area (Å²) in [6.45, 7) is 8.82. The molecule has 16 heavy (non-hydrogen) atoms. The maximum Gasteiger partial charge on any atom is 0.239 e. The molecule has 0 unspecified atom stereocenters. The Morgan fingerprint density at radius 3 is 2.19 bits per heavy atom. The van der Waals surface area contributed by atoms with E-state index in [0.717, 1.165) is 13.0 Å². The third-order valence-corrected chi connectivity index (χ3v) is 1.67. The molecule has 2 amide bonds. The van der Waals surface area contributed by atoms with Crippen LogP contribution in [0.4, 0.5) is 0 Å². The lowest BCUT2D eigenvalue weighted by Crippen LogP contribution is -2.47. The first-order valence-corrected chi connectivity index (χ1v) is 5.63. The Morgan fingerprint density at radius 1 is 1.06 bits per heavy atom. The van der Waals surface area contributed by atoms with Gasteiger partial charge in [0.15, 0.2) is 0 Å². The molecule has 0 aliphatic carbocycles. The summed E-state index contributed by atoms with van der Waals surface area (Å²) in [6.07, 6.45) is 0.984. The Hall–Kier alpha value is -1.10. The molecule has 0 spiro atoms. The fraction of sp³-hybridized carbons (Fsp3) is 0.818. The molecule has 0 atom stereocenters. The van der Waals surface area contributed by atoms with E-state index in [9.17, 15) is 9.59 Å². The molecule has 0 aliphatic rings. The molecule has 0 fully saturated rings. The van der Waals surface area contributed by atoms with Crippen molar-refractivity contribution in [3.05, 3.63) is 0 Å². The summed E-state index contributed by atoms with van der Waals surface area (Å²) in [5, 5.41) is 8.28. The molecular weight excluding hydrogens is 206 g/mol. The predicted octanol–water partition coefficient (Wildman–Crippen LogP) is 0.0169. The highest BCUT2D eigenvalue weighted by Crippen LogP contribution is 1.96. The summed E-state index contributed by atoms with van der Waals surface area (Å²) in [4.78, 5) is 22.6. The van der Waals surface area contributed by atoms with Crippen molar-refractivity contribution in [1.29, 1.82) is 0 Å². The van der Waals surface area contributed by atoms with Crippen LogP contribution in [-0.4, -0.2) is 37.0 Å². The smallest absolute Gasteiger partial charge is 0.239 e. The molecule has 0 saturated heterocycles. The number of nitrogens with one attached hydrogen (secondary N) is 3. The van der Waals surface area contributed by atoms with Gasteiger partial charge in [0.05, 0.1) is 13.1 Å². The second-order valence-electron chi connectivity index (χ2n) is 4.75. The zero-order valence-corrected chi connectivity index (χ0v) is 10.6. The van der Waals surface area contributed by atoms with Gasteiger partial charge in [-0.25, -0.2) is 0 Å². The Labute approximate surface area is 97.4 Å². The third kappa shape index (κ3) is 9.45. The van der Waals surface area contributed by atoms with Gasteiger partial charge >= 0.3 is 0 Å². The Kier molecular flexibility index (Phi) is 6.72. The molecule has 94 valence electrons. The van der Waals surface area contributed by atoms with Gasteiger partial charge in [0.25, 0.3) is 0 Å². The monoisotopic (exact) mass is 229 g/mol. The van der Waals surface area contributed by atoms with E-state index in [0.29, 0.717) is 0 Å². The van der Waals surface area contributed by atoms with E-state index >= 15 is 0 Å². The average molecular weight is 229 g/mol. The number of hydrogen-bond donors (Lipinski definition) is 3. The predicted molar refractivity (Wildman–Crippen MR) is 64.1 cm³/mol. The van der Waals surface area contributed by atoms with Crippen molar-refractivity contribution in [3.63, 3.8) is 0 Å². The SMILES string of the molecule is CCCNCC(=O)NCC(=O)NC(C)(C)C. The summed E-state index contributed by atoms with van der Waals surface area (Å²) in [5.41, 5.74) is -0.262. The van der Waals surface area contributed by atoms with Crippen LogP contribution in [0.3, 0.4) is 0 Å². The molecule has 5 nitrogen and oxygen atoms in total. The minimum Gasteiger partial charge on any atom is -0.350 e. The first-order valence-electron chi connectivity index (χ1n) is 5.63. The average Bonchev–Trinajstić information content (AvgIpc) is 2.12. The van der Waals surface area contributed by atoms with Crippen LogP contribution in [0.15, 0.2) is 0 Å². The number of rotatable bonds is 6. The highest BCUT2D eigenvalue weighted by atomic mass is 16.2. The molecule has 3 N–H and O–H groups in total. The van der Waals surface area contributed by atoms with Crippen molar-refractivity contribution in [1.82, 2.24) is 16.0 Å². The van der Waals surface area contributed by atoms with Gasteiger partial charge in [0.1, 0.15) is 0 Å². The van der Waals surface area contributed by atoms with Gasteiger partial charge in [-0.2, -0.15) is 0 Å². The van der Waals surface area contributed by atoms with Crippen LogP contribution >= 0.6 is 0 Å². The molecular formula is C11H23N3O2. The highest BCUT2D eigenvalue weighted by Gasteiger charge is 2.13. The maximum atomic E-state index is 11.3. The van der Waals surface area contributed by atoms with E-state index < -0.39 is 0 Å². The third-order valence-electron chi connectivity index (χ3n) is 1.67. The zero-order valence-electron chi connectivity index (χ0n) is 10.6. The van der Waals surface area contributed by atoms with Gasteiger partial charge in [0, 0.05) is 5.54 Å². The van der Waals surface area contributed by atoms with Crippen LogP contribution in [0.1, 0.15) is 34.1 Å². The van der Waals surface area contributed by atoms with E-state index in [-0.39, 0.29) is 30.4 Å². The van der Waals surface area contributed by atoms with Crippen LogP contribution in [-0.2, 0) is 9.59 Å². The molecule has 0 rings (SSSR count). The number of hydrogen-bond acceptors (Lipinski definition) is 3. The van der Waals surface area contributed by atoms with Crippen molar-refractivity contribution in [2.75, 3.05) is 19.6 Å². The largest absolute Gasteiger partial charge is 0.350 e. The first-order chi connectivity index (χ1) is 7.35. The quantitative estimate of drug-likeness (QED) is 0.562. The fourth-order valence-corrected chi connectivity index (χ4v) is 1.08. The van der Waals surface area contributed by atoms with Crippen LogP contribution in [0.5, 0.6) is 0 Å². The van der Waals surface area contributed by atoms with Crippen molar-refractivity contribution in [2.24, 2.45) is 0 Å². The topological polar surface area (TPSA) is 70.2 Å². The summed E-state index contributed by atoms with van der Waals surface area (Å²) < 4.78 is 0. The number of carbonyl (C=O) groups excluding carboxylic acids is 2. The minimum atomic E-state index is -0.262. The number of amides is 2. The molecule has 0 aromatic rings. The Morgan fingerprint density at radius 2 is 1.69 bits per heavy atom. The van der Waals surface area contributed by atoms with Gasteiger partial charge in [0.2, 0.25) is 11.8 Å². The number of carbonyl (C=O) groups is 2. The van der Waals surface area contributed by atoms with Crippen LogP contribution in [0, 0.1) is 0 Å². The second-order valence-corrected chi connectivity index (χ2v) is 4.75. The van der Waals surface area contributed by atoms with E-state index in [1.165, 1.54) is 0 Å². The van der Waals surface area contributed by atoms with E-state index in [1.54, 1.807) is 0 Å². The molecule has 0 aromatic heterocycles. The summed E-state index contributed by atoms with van der Waals surface area (Å²) in [7, 11) is 0. The summed E-state index contributed by atoms with van der Waals surface area (Å²) in [5.74, 6) is -0.325. The van der Waals surface area contributed by atoms with Crippen LogP contribution < -0.4 is 16.0 Å². The Balaban J connectivity index is 3.63. The zero-order chi connectivity index (χ0) is 12.6. The van der Waals surface area contributed by atoms with Gasteiger partial charge in [-0.3, -0.25) is 9.59 Å². The minimum absolute atomic E-state index is 0.0317. The van der Waals surface area contributed by atoms with Crippen molar-refractivity contribution < 1.29 is 9.59 Å². The summed E-state index contributed by atoms with van der Waals surface area (Å²) in [6, 6.07) is 0. The van der Waals surface area contributed by atoms with Crippen LogP contribution in [0.2, 0.25) is 0 Å². The van der Waals surface area contributed by atoms with Crippen molar-refractivity contribution in [2.45, 2.75) is 39.7 Å². The molecule has 0 radical (unpaired) electrons. The van der Waals surface area contributed by atoms with Crippen molar-refractivity contribution in [3.8, 4) is 0 Å². The lowest BCUT2D eigenvalue weighted by Gasteiger charge is -2.20. The van der Waals surface area contributed by atoms with Gasteiger partial charge < -0.3 is 16.0 Å². The molecule has 0 bridgehead atoms. The fourth-order valence-electron chi connectivity index (χ4n) is 1.08. The molecule has 0 aromatic carbocycles. The lowest BCUT2D eigenvalue weighted by atomic mass is 10.1. The molecule has 5 heteroatoms. The first kappa shape index (κ1) is 14.9. The highest BCUT2D eigenvalue weighted by molar-refractivity contribution is 5.85. The second kappa shape index (κ2) is 7.22. The molecule has 0 heterocycles. The molecule has 0 saturated carbocycles. The van der Waals surface area contributed by atoms with Gasteiger partial charge in [-0.15, -0.1) is 0 Å². The maximum absolute atomic E-state index is 11.3. The van der Waals surface area contributed by atoms with Crippen LogP contribution in [0.25, 0.3) is 0 Å². The van der Waals surface area contributed by atoms with E-state index in [1.807, 2.05) is 27.7 Å². The van der Waals surface area contributed by atoms with Gasteiger partial charge in [-0.05, 0) is 33.7 Å².